The predicted molar refractivity (Wildman–Crippen MR) is 87.9 cm³/mol. The van der Waals surface area contributed by atoms with Crippen molar-refractivity contribution in [2.24, 2.45) is 11.7 Å². The Morgan fingerprint density at radius 2 is 1.91 bits per heavy atom. The standard InChI is InChI=1S/C17H26N2O4/c1-21-14-8-7-12(16(22-2)17(14)23-3)10-19-15(20)9-11-5-4-6-13(11)18/h7-8,11,13H,4-6,9-10,18H2,1-3H3,(H,19,20)/t11-,13+/m0/s1. The lowest BCUT2D eigenvalue weighted by atomic mass is 10.00. The zero-order valence-corrected chi connectivity index (χ0v) is 14.1. The van der Waals surface area contributed by atoms with E-state index < -0.39 is 0 Å². The second-order valence-corrected chi connectivity index (χ2v) is 5.83. The highest BCUT2D eigenvalue weighted by molar-refractivity contribution is 5.76. The highest BCUT2D eigenvalue weighted by atomic mass is 16.5. The molecule has 0 aromatic heterocycles. The highest BCUT2D eigenvalue weighted by Crippen LogP contribution is 2.39. The zero-order chi connectivity index (χ0) is 16.8. The van der Waals surface area contributed by atoms with E-state index in [1.807, 2.05) is 6.07 Å². The van der Waals surface area contributed by atoms with E-state index in [1.54, 1.807) is 27.4 Å². The lowest BCUT2D eigenvalue weighted by molar-refractivity contribution is -0.122. The molecular formula is C17H26N2O4. The van der Waals surface area contributed by atoms with Crippen molar-refractivity contribution in [1.82, 2.24) is 5.32 Å². The molecule has 128 valence electrons. The molecule has 0 bridgehead atoms. The molecule has 1 aromatic carbocycles. The smallest absolute Gasteiger partial charge is 0.220 e. The summed E-state index contributed by atoms with van der Waals surface area (Å²) in [6, 6.07) is 3.81. The molecule has 1 aromatic rings. The van der Waals surface area contributed by atoms with Crippen LogP contribution < -0.4 is 25.3 Å². The maximum absolute atomic E-state index is 12.1. The maximum atomic E-state index is 12.1. The Bertz CT molecular complexity index is 548. The van der Waals surface area contributed by atoms with Gasteiger partial charge >= 0.3 is 0 Å². The number of hydrogen-bond donors (Lipinski definition) is 2. The molecule has 1 fully saturated rings. The van der Waals surface area contributed by atoms with E-state index in [0.29, 0.717) is 36.1 Å². The van der Waals surface area contributed by atoms with Crippen molar-refractivity contribution in [3.8, 4) is 17.2 Å². The fraction of sp³-hybridized carbons (Fsp3) is 0.588. The monoisotopic (exact) mass is 322 g/mol. The van der Waals surface area contributed by atoms with Crippen LogP contribution >= 0.6 is 0 Å². The Morgan fingerprint density at radius 1 is 1.17 bits per heavy atom. The number of ether oxygens (including phenoxy) is 3. The van der Waals surface area contributed by atoms with Crippen LogP contribution in [0.2, 0.25) is 0 Å². The summed E-state index contributed by atoms with van der Waals surface area (Å²) in [5, 5.41) is 2.94. The van der Waals surface area contributed by atoms with Gasteiger partial charge < -0.3 is 25.3 Å². The molecule has 23 heavy (non-hydrogen) atoms. The number of rotatable bonds is 7. The minimum Gasteiger partial charge on any atom is -0.493 e. The van der Waals surface area contributed by atoms with Gasteiger partial charge in [-0.05, 0) is 30.9 Å². The molecule has 3 N–H and O–H groups in total. The summed E-state index contributed by atoms with van der Waals surface area (Å²) in [4.78, 5) is 12.1. The molecule has 6 heteroatoms. The Hall–Kier alpha value is -1.95. The summed E-state index contributed by atoms with van der Waals surface area (Å²) < 4.78 is 16.0. The summed E-state index contributed by atoms with van der Waals surface area (Å²) in [6.45, 7) is 0.379. The fourth-order valence-corrected chi connectivity index (χ4v) is 3.13. The Balaban J connectivity index is 2.01. The normalized spacial score (nSPS) is 20.2. The van der Waals surface area contributed by atoms with E-state index in [9.17, 15) is 4.79 Å². The second kappa shape index (κ2) is 8.06. The number of nitrogens with one attached hydrogen (secondary N) is 1. The molecule has 2 rings (SSSR count). The number of methoxy groups -OCH3 is 3. The van der Waals surface area contributed by atoms with Gasteiger partial charge in [0.15, 0.2) is 11.5 Å². The van der Waals surface area contributed by atoms with Gasteiger partial charge in [0.25, 0.3) is 0 Å². The first kappa shape index (κ1) is 17.4. The molecule has 0 radical (unpaired) electrons. The van der Waals surface area contributed by atoms with Gasteiger partial charge in [0, 0.05) is 24.6 Å². The number of benzene rings is 1. The summed E-state index contributed by atoms with van der Waals surface area (Å²) >= 11 is 0. The molecule has 0 spiro atoms. The van der Waals surface area contributed by atoms with Crippen LogP contribution in [0.5, 0.6) is 17.2 Å². The van der Waals surface area contributed by atoms with Crippen LogP contribution in [-0.2, 0) is 11.3 Å². The lowest BCUT2D eigenvalue weighted by Gasteiger charge is -2.17. The van der Waals surface area contributed by atoms with Crippen molar-refractivity contribution in [1.29, 1.82) is 0 Å². The second-order valence-electron chi connectivity index (χ2n) is 5.83. The number of carbonyl (C=O) groups excluding carboxylic acids is 1. The van der Waals surface area contributed by atoms with Gasteiger partial charge in [-0.1, -0.05) is 6.42 Å². The quantitative estimate of drug-likeness (QED) is 0.800. The van der Waals surface area contributed by atoms with Gasteiger partial charge in [-0.15, -0.1) is 0 Å². The number of nitrogens with two attached hydrogens (primary N) is 1. The average molecular weight is 322 g/mol. The first-order valence-corrected chi connectivity index (χ1v) is 7.90. The molecule has 0 saturated heterocycles. The average Bonchev–Trinajstić information content (AvgIpc) is 2.96. The molecule has 0 unspecified atom stereocenters. The van der Waals surface area contributed by atoms with Crippen LogP contribution in [0.4, 0.5) is 0 Å². The minimum atomic E-state index is 0.0178. The Labute approximate surface area is 137 Å². The summed E-state index contributed by atoms with van der Waals surface area (Å²) in [7, 11) is 4.70. The van der Waals surface area contributed by atoms with Crippen LogP contribution in [0, 0.1) is 5.92 Å². The lowest BCUT2D eigenvalue weighted by Crippen LogP contribution is -2.31. The molecular weight excluding hydrogens is 296 g/mol. The van der Waals surface area contributed by atoms with E-state index in [0.717, 1.165) is 24.8 Å². The zero-order valence-electron chi connectivity index (χ0n) is 14.1. The molecule has 1 saturated carbocycles. The van der Waals surface area contributed by atoms with Gasteiger partial charge in [0.2, 0.25) is 11.7 Å². The third-order valence-electron chi connectivity index (χ3n) is 4.43. The van der Waals surface area contributed by atoms with Crippen LogP contribution in [0.15, 0.2) is 12.1 Å². The molecule has 6 nitrogen and oxygen atoms in total. The van der Waals surface area contributed by atoms with E-state index in [1.165, 1.54) is 0 Å². The van der Waals surface area contributed by atoms with Crippen molar-refractivity contribution in [2.75, 3.05) is 21.3 Å². The van der Waals surface area contributed by atoms with E-state index >= 15 is 0 Å². The van der Waals surface area contributed by atoms with Gasteiger partial charge in [-0.25, -0.2) is 0 Å². The predicted octanol–water partition coefficient (Wildman–Crippen LogP) is 1.85. The summed E-state index contributed by atoms with van der Waals surface area (Å²) in [6.07, 6.45) is 3.65. The van der Waals surface area contributed by atoms with Gasteiger partial charge in [-0.2, -0.15) is 0 Å². The van der Waals surface area contributed by atoms with E-state index in [2.05, 4.69) is 5.32 Å². The van der Waals surface area contributed by atoms with Crippen LogP contribution in [-0.4, -0.2) is 33.3 Å². The van der Waals surface area contributed by atoms with Crippen LogP contribution in [0.3, 0.4) is 0 Å². The Kier molecular flexibility index (Phi) is 6.10. The third kappa shape index (κ3) is 4.07. The number of hydrogen-bond acceptors (Lipinski definition) is 5. The maximum Gasteiger partial charge on any atom is 0.220 e. The summed E-state index contributed by atoms with van der Waals surface area (Å²) in [5.41, 5.74) is 6.86. The topological polar surface area (TPSA) is 82.8 Å². The molecule has 0 heterocycles. The molecule has 1 aliphatic rings. The number of carbonyl (C=O) groups is 1. The van der Waals surface area contributed by atoms with Crippen molar-refractivity contribution >= 4 is 5.91 Å². The number of amides is 1. The van der Waals surface area contributed by atoms with Crippen LogP contribution in [0.25, 0.3) is 0 Å². The van der Waals surface area contributed by atoms with Gasteiger partial charge in [0.1, 0.15) is 0 Å². The largest absolute Gasteiger partial charge is 0.493 e. The molecule has 0 aliphatic heterocycles. The summed E-state index contributed by atoms with van der Waals surface area (Å²) in [5.74, 6) is 2.01. The van der Waals surface area contributed by atoms with Crippen molar-refractivity contribution in [3.05, 3.63) is 17.7 Å². The van der Waals surface area contributed by atoms with Gasteiger partial charge in [0.05, 0.1) is 21.3 Å². The molecule has 1 amide bonds. The van der Waals surface area contributed by atoms with Crippen molar-refractivity contribution in [2.45, 2.75) is 38.3 Å². The van der Waals surface area contributed by atoms with Crippen molar-refractivity contribution in [3.63, 3.8) is 0 Å². The minimum absolute atomic E-state index is 0.0178. The van der Waals surface area contributed by atoms with Crippen LogP contribution in [0.1, 0.15) is 31.2 Å². The Morgan fingerprint density at radius 3 is 2.48 bits per heavy atom. The van der Waals surface area contributed by atoms with Gasteiger partial charge in [-0.3, -0.25) is 4.79 Å². The molecule has 2 atom stereocenters. The third-order valence-corrected chi connectivity index (χ3v) is 4.43. The first-order chi connectivity index (χ1) is 11.1. The van der Waals surface area contributed by atoms with E-state index in [-0.39, 0.29) is 11.9 Å². The first-order valence-electron chi connectivity index (χ1n) is 7.90. The molecule has 1 aliphatic carbocycles. The SMILES string of the molecule is COc1ccc(CNC(=O)C[C@@H]2CCC[C@H]2N)c(OC)c1OC. The van der Waals surface area contributed by atoms with E-state index in [4.69, 9.17) is 19.9 Å². The van der Waals surface area contributed by atoms with Crippen molar-refractivity contribution < 1.29 is 19.0 Å². The highest BCUT2D eigenvalue weighted by Gasteiger charge is 2.26. The fourth-order valence-electron chi connectivity index (χ4n) is 3.13.